The second kappa shape index (κ2) is 5.16. The SMILES string of the molecule is CC(NC(=O)Cc1ccccc1O)C(N)=O. The van der Waals surface area contributed by atoms with Gasteiger partial charge in [0.1, 0.15) is 11.8 Å². The normalized spacial score (nSPS) is 11.8. The van der Waals surface area contributed by atoms with Crippen molar-refractivity contribution in [1.82, 2.24) is 5.32 Å². The summed E-state index contributed by atoms with van der Waals surface area (Å²) >= 11 is 0. The monoisotopic (exact) mass is 222 g/mol. The van der Waals surface area contributed by atoms with Crippen LogP contribution in [0.15, 0.2) is 24.3 Å². The highest BCUT2D eigenvalue weighted by Crippen LogP contribution is 2.15. The fourth-order valence-corrected chi connectivity index (χ4v) is 1.20. The van der Waals surface area contributed by atoms with E-state index in [4.69, 9.17) is 5.73 Å². The first-order chi connectivity index (χ1) is 7.50. The van der Waals surface area contributed by atoms with Gasteiger partial charge in [-0.15, -0.1) is 0 Å². The molecule has 86 valence electrons. The van der Waals surface area contributed by atoms with Gasteiger partial charge in [0.2, 0.25) is 11.8 Å². The Hall–Kier alpha value is -2.04. The van der Waals surface area contributed by atoms with Gasteiger partial charge < -0.3 is 16.2 Å². The molecule has 4 N–H and O–H groups in total. The number of primary amides is 1. The predicted octanol–water partition coefficient (Wildman–Crippen LogP) is -0.0753. The number of carbonyl (C=O) groups is 2. The molecule has 1 aromatic carbocycles. The van der Waals surface area contributed by atoms with Crippen LogP contribution in [-0.2, 0) is 16.0 Å². The third kappa shape index (κ3) is 3.27. The number of nitrogens with two attached hydrogens (primary N) is 1. The molecule has 5 nitrogen and oxygen atoms in total. The highest BCUT2D eigenvalue weighted by Gasteiger charge is 2.13. The molecule has 0 saturated heterocycles. The summed E-state index contributed by atoms with van der Waals surface area (Å²) in [7, 11) is 0. The Morgan fingerprint density at radius 3 is 2.62 bits per heavy atom. The minimum Gasteiger partial charge on any atom is -0.508 e. The Morgan fingerprint density at radius 2 is 2.06 bits per heavy atom. The van der Waals surface area contributed by atoms with Crippen LogP contribution in [0.1, 0.15) is 12.5 Å². The average Bonchev–Trinajstić information content (AvgIpc) is 2.21. The third-order valence-electron chi connectivity index (χ3n) is 2.15. The molecule has 16 heavy (non-hydrogen) atoms. The summed E-state index contributed by atoms with van der Waals surface area (Å²) in [4.78, 5) is 22.2. The fourth-order valence-electron chi connectivity index (χ4n) is 1.20. The summed E-state index contributed by atoms with van der Waals surface area (Å²) in [5.74, 6) is -0.886. The van der Waals surface area contributed by atoms with Crippen LogP contribution in [0, 0.1) is 0 Å². The van der Waals surface area contributed by atoms with Gasteiger partial charge in [0.15, 0.2) is 0 Å². The molecule has 0 bridgehead atoms. The molecule has 0 saturated carbocycles. The molecule has 0 spiro atoms. The maximum absolute atomic E-state index is 11.4. The van der Waals surface area contributed by atoms with Crippen molar-refractivity contribution >= 4 is 11.8 Å². The van der Waals surface area contributed by atoms with Gasteiger partial charge in [-0.3, -0.25) is 9.59 Å². The Morgan fingerprint density at radius 1 is 1.44 bits per heavy atom. The van der Waals surface area contributed by atoms with E-state index in [0.717, 1.165) is 0 Å². The standard InChI is InChI=1S/C11H14N2O3/c1-7(11(12)16)13-10(15)6-8-4-2-3-5-9(8)14/h2-5,7,14H,6H2,1H3,(H2,12,16)(H,13,15). The maximum Gasteiger partial charge on any atom is 0.239 e. The summed E-state index contributed by atoms with van der Waals surface area (Å²) in [6.07, 6.45) is 0.0181. The van der Waals surface area contributed by atoms with Crippen LogP contribution in [0.5, 0.6) is 5.75 Å². The van der Waals surface area contributed by atoms with Crippen LogP contribution in [0.2, 0.25) is 0 Å². The summed E-state index contributed by atoms with van der Waals surface area (Å²) in [6, 6.07) is 5.82. The summed E-state index contributed by atoms with van der Waals surface area (Å²) in [5, 5.41) is 11.9. The van der Waals surface area contributed by atoms with Gasteiger partial charge in [-0.1, -0.05) is 18.2 Å². The van der Waals surface area contributed by atoms with E-state index in [1.165, 1.54) is 13.0 Å². The molecule has 5 heteroatoms. The van der Waals surface area contributed by atoms with E-state index >= 15 is 0 Å². The van der Waals surface area contributed by atoms with E-state index in [2.05, 4.69) is 5.32 Å². The molecule has 0 radical (unpaired) electrons. The average molecular weight is 222 g/mol. The van der Waals surface area contributed by atoms with Gasteiger partial charge in [-0.25, -0.2) is 0 Å². The lowest BCUT2D eigenvalue weighted by atomic mass is 10.1. The molecular formula is C11H14N2O3. The smallest absolute Gasteiger partial charge is 0.239 e. The number of rotatable bonds is 4. The summed E-state index contributed by atoms with van der Waals surface area (Å²) in [6.45, 7) is 1.51. The van der Waals surface area contributed by atoms with Crippen LogP contribution in [0.25, 0.3) is 0 Å². The van der Waals surface area contributed by atoms with Crippen molar-refractivity contribution in [3.8, 4) is 5.75 Å². The molecular weight excluding hydrogens is 208 g/mol. The van der Waals surface area contributed by atoms with Crippen molar-refractivity contribution in [2.75, 3.05) is 0 Å². The van der Waals surface area contributed by atoms with E-state index < -0.39 is 11.9 Å². The topological polar surface area (TPSA) is 92.4 Å². The number of phenols is 1. The van der Waals surface area contributed by atoms with Crippen molar-refractivity contribution in [3.05, 3.63) is 29.8 Å². The molecule has 0 aromatic heterocycles. The molecule has 0 heterocycles. The summed E-state index contributed by atoms with van der Waals surface area (Å²) in [5.41, 5.74) is 5.52. The Balaban J connectivity index is 2.59. The number of benzene rings is 1. The van der Waals surface area contributed by atoms with Crippen LogP contribution >= 0.6 is 0 Å². The van der Waals surface area contributed by atoms with Crippen molar-refractivity contribution in [1.29, 1.82) is 0 Å². The zero-order chi connectivity index (χ0) is 12.1. The van der Waals surface area contributed by atoms with Crippen molar-refractivity contribution < 1.29 is 14.7 Å². The Bertz CT molecular complexity index is 404. The molecule has 0 fully saturated rings. The van der Waals surface area contributed by atoms with Gasteiger partial charge in [0.25, 0.3) is 0 Å². The summed E-state index contributed by atoms with van der Waals surface area (Å²) < 4.78 is 0. The number of amides is 2. The van der Waals surface area contributed by atoms with Gasteiger partial charge in [0.05, 0.1) is 6.42 Å². The first kappa shape index (κ1) is 12.0. The second-order valence-electron chi connectivity index (χ2n) is 3.50. The van der Waals surface area contributed by atoms with Crippen molar-refractivity contribution in [2.45, 2.75) is 19.4 Å². The highest BCUT2D eigenvalue weighted by atomic mass is 16.3. The van der Waals surface area contributed by atoms with E-state index in [1.807, 2.05) is 0 Å². The van der Waals surface area contributed by atoms with Crippen LogP contribution in [-0.4, -0.2) is 23.0 Å². The number of hydrogen-bond acceptors (Lipinski definition) is 3. The molecule has 1 unspecified atom stereocenters. The van der Waals surface area contributed by atoms with Gasteiger partial charge in [0, 0.05) is 5.56 Å². The zero-order valence-electron chi connectivity index (χ0n) is 8.93. The van der Waals surface area contributed by atoms with Gasteiger partial charge in [-0.2, -0.15) is 0 Å². The van der Waals surface area contributed by atoms with Gasteiger partial charge in [-0.05, 0) is 13.0 Å². The largest absolute Gasteiger partial charge is 0.508 e. The minimum absolute atomic E-state index is 0.0181. The van der Waals surface area contributed by atoms with Gasteiger partial charge >= 0.3 is 0 Å². The number of hydrogen-bond donors (Lipinski definition) is 3. The van der Waals surface area contributed by atoms with Crippen LogP contribution < -0.4 is 11.1 Å². The lowest BCUT2D eigenvalue weighted by Crippen LogP contribution is -2.42. The fraction of sp³-hybridized carbons (Fsp3) is 0.273. The molecule has 0 aliphatic rings. The molecule has 0 aliphatic heterocycles. The predicted molar refractivity (Wildman–Crippen MR) is 58.6 cm³/mol. The molecule has 1 aromatic rings. The van der Waals surface area contributed by atoms with E-state index in [-0.39, 0.29) is 18.1 Å². The molecule has 2 amide bonds. The lowest BCUT2D eigenvalue weighted by Gasteiger charge is -2.10. The van der Waals surface area contributed by atoms with Crippen LogP contribution in [0.4, 0.5) is 0 Å². The first-order valence-electron chi connectivity index (χ1n) is 4.86. The maximum atomic E-state index is 11.4. The molecule has 0 aliphatic carbocycles. The Labute approximate surface area is 93.3 Å². The number of aromatic hydroxyl groups is 1. The Kier molecular flexibility index (Phi) is 3.88. The number of para-hydroxylation sites is 1. The van der Waals surface area contributed by atoms with E-state index in [0.29, 0.717) is 5.56 Å². The molecule has 1 rings (SSSR count). The quantitative estimate of drug-likeness (QED) is 0.665. The number of carbonyl (C=O) groups excluding carboxylic acids is 2. The molecule has 1 atom stereocenters. The first-order valence-corrected chi connectivity index (χ1v) is 4.86. The van der Waals surface area contributed by atoms with Crippen molar-refractivity contribution in [2.24, 2.45) is 5.73 Å². The van der Waals surface area contributed by atoms with Crippen LogP contribution in [0.3, 0.4) is 0 Å². The lowest BCUT2D eigenvalue weighted by molar-refractivity contribution is -0.126. The van der Waals surface area contributed by atoms with E-state index in [9.17, 15) is 14.7 Å². The second-order valence-corrected chi connectivity index (χ2v) is 3.50. The number of phenolic OH excluding ortho intramolecular Hbond substituents is 1. The minimum atomic E-state index is -0.710. The third-order valence-corrected chi connectivity index (χ3v) is 2.15. The number of nitrogens with one attached hydrogen (secondary N) is 1. The van der Waals surface area contributed by atoms with Crippen molar-refractivity contribution in [3.63, 3.8) is 0 Å². The van der Waals surface area contributed by atoms with E-state index in [1.54, 1.807) is 18.2 Å². The highest BCUT2D eigenvalue weighted by molar-refractivity contribution is 5.87. The zero-order valence-corrected chi connectivity index (χ0v) is 8.93.